The maximum absolute atomic E-state index is 11.7. The van der Waals surface area contributed by atoms with Crippen LogP contribution in [0.3, 0.4) is 0 Å². The molecule has 0 heterocycles. The first-order valence-electron chi connectivity index (χ1n) is 3.38. The molecule has 0 rings (SSSR count). The van der Waals surface area contributed by atoms with Crippen molar-refractivity contribution in [1.29, 1.82) is 0 Å². The summed E-state index contributed by atoms with van der Waals surface area (Å²) in [4.78, 5) is 9.64. The maximum Gasteiger partial charge on any atom is 0.423 e. The van der Waals surface area contributed by atoms with Crippen LogP contribution in [0.4, 0.5) is 26.3 Å². The fourth-order valence-electron chi connectivity index (χ4n) is 0.609. The molecule has 0 aliphatic heterocycles. The van der Waals surface area contributed by atoms with E-state index in [2.05, 4.69) is 4.74 Å². The Morgan fingerprint density at radius 1 is 1.07 bits per heavy atom. The van der Waals surface area contributed by atoms with E-state index in [9.17, 15) is 31.1 Å². The van der Waals surface area contributed by atoms with E-state index < -0.39 is 31.5 Å². The fraction of sp³-hybridized carbons (Fsp3) is 0.833. The van der Waals surface area contributed by atoms with Gasteiger partial charge in [-0.3, -0.25) is 0 Å². The van der Waals surface area contributed by atoms with E-state index in [1.54, 1.807) is 0 Å². The largest absolute Gasteiger partial charge is 0.423 e. The average Bonchev–Trinajstić information content (AvgIpc) is 1.92. The first-order valence-corrected chi connectivity index (χ1v) is 3.38. The lowest BCUT2D eigenvalue weighted by Crippen LogP contribution is -2.44. The van der Waals surface area contributed by atoms with Crippen LogP contribution in [0, 0.1) is 0 Å². The second-order valence-electron chi connectivity index (χ2n) is 2.29. The van der Waals surface area contributed by atoms with Crippen LogP contribution in [0.5, 0.6) is 0 Å². The lowest BCUT2D eigenvalue weighted by molar-refractivity contribution is -0.321. The molecule has 0 saturated carbocycles. The van der Waals surface area contributed by atoms with Gasteiger partial charge in [0.25, 0.3) is 0 Å². The van der Waals surface area contributed by atoms with Crippen molar-refractivity contribution in [2.24, 2.45) is 0 Å². The van der Waals surface area contributed by atoms with Gasteiger partial charge in [-0.1, -0.05) is 0 Å². The molecule has 14 heavy (non-hydrogen) atoms. The smallest absolute Gasteiger partial charge is 0.361 e. The van der Waals surface area contributed by atoms with Gasteiger partial charge >= 0.3 is 12.4 Å². The molecule has 0 aromatic rings. The minimum atomic E-state index is -5.51. The predicted octanol–water partition coefficient (Wildman–Crippen LogP) is 2.09. The number of hydrogen-bond acceptors (Lipinski definition) is 2. The minimum Gasteiger partial charge on any atom is -0.361 e. The van der Waals surface area contributed by atoms with Crippen molar-refractivity contribution in [2.45, 2.75) is 24.9 Å². The number of halogens is 6. The zero-order chi connectivity index (χ0) is 11.4. The van der Waals surface area contributed by atoms with E-state index in [1.165, 1.54) is 0 Å². The molecular weight excluding hydrogens is 218 g/mol. The molecule has 0 fully saturated rings. The highest BCUT2D eigenvalue weighted by molar-refractivity contribution is 5.49. The lowest BCUT2D eigenvalue weighted by Gasteiger charge is -2.22. The third kappa shape index (κ3) is 4.45. The van der Waals surface area contributed by atoms with Gasteiger partial charge in [0.1, 0.15) is 6.29 Å². The SMILES string of the molecule is O=CCCOC(C(F)(F)F)C(F)(F)F. The number of hydrogen-bond donors (Lipinski definition) is 0. The molecule has 0 N–H and O–H groups in total. The summed E-state index contributed by atoms with van der Waals surface area (Å²) in [5, 5.41) is 0. The van der Waals surface area contributed by atoms with Gasteiger partial charge in [0, 0.05) is 6.42 Å². The van der Waals surface area contributed by atoms with E-state index in [-0.39, 0.29) is 6.29 Å². The zero-order valence-electron chi connectivity index (χ0n) is 6.65. The molecular formula is C6H6F6O2. The minimum absolute atomic E-state index is 0.170. The number of carbonyl (C=O) groups is 1. The van der Waals surface area contributed by atoms with Crippen molar-refractivity contribution in [2.75, 3.05) is 6.61 Å². The highest BCUT2D eigenvalue weighted by Crippen LogP contribution is 2.35. The van der Waals surface area contributed by atoms with Gasteiger partial charge in [-0.15, -0.1) is 0 Å². The van der Waals surface area contributed by atoms with Crippen LogP contribution in [-0.4, -0.2) is 31.3 Å². The number of alkyl halides is 6. The van der Waals surface area contributed by atoms with Crippen LogP contribution < -0.4 is 0 Å². The van der Waals surface area contributed by atoms with E-state index in [0.29, 0.717) is 0 Å². The zero-order valence-corrected chi connectivity index (χ0v) is 6.65. The molecule has 2 nitrogen and oxygen atoms in total. The van der Waals surface area contributed by atoms with Crippen molar-refractivity contribution >= 4 is 6.29 Å². The van der Waals surface area contributed by atoms with Gasteiger partial charge in [-0.25, -0.2) is 0 Å². The van der Waals surface area contributed by atoms with Crippen molar-refractivity contribution in [1.82, 2.24) is 0 Å². The van der Waals surface area contributed by atoms with E-state index >= 15 is 0 Å². The van der Waals surface area contributed by atoms with Crippen LogP contribution in [-0.2, 0) is 9.53 Å². The van der Waals surface area contributed by atoms with Gasteiger partial charge < -0.3 is 9.53 Å². The summed E-state index contributed by atoms with van der Waals surface area (Å²) in [5.41, 5.74) is 0. The lowest BCUT2D eigenvalue weighted by atomic mass is 10.3. The molecule has 0 atom stereocenters. The molecule has 0 radical (unpaired) electrons. The Balaban J connectivity index is 4.35. The summed E-state index contributed by atoms with van der Waals surface area (Å²) < 4.78 is 73.8. The molecule has 0 unspecified atom stereocenters. The first-order chi connectivity index (χ1) is 6.19. The second-order valence-corrected chi connectivity index (χ2v) is 2.29. The van der Waals surface area contributed by atoms with Crippen LogP contribution in [0.2, 0.25) is 0 Å². The number of aldehydes is 1. The van der Waals surface area contributed by atoms with Crippen molar-refractivity contribution in [3.8, 4) is 0 Å². The third-order valence-corrected chi connectivity index (χ3v) is 1.11. The van der Waals surface area contributed by atoms with Crippen LogP contribution in [0.25, 0.3) is 0 Å². The van der Waals surface area contributed by atoms with E-state index in [1.807, 2.05) is 0 Å². The Bertz CT molecular complexity index is 170. The van der Waals surface area contributed by atoms with E-state index in [0.717, 1.165) is 0 Å². The summed E-state index contributed by atoms with van der Waals surface area (Å²) in [6.45, 7) is -0.910. The summed E-state index contributed by atoms with van der Waals surface area (Å²) in [6, 6.07) is 0. The standard InChI is InChI=1S/C6H6F6O2/c7-5(8,9)4(6(10,11)12)14-3-1-2-13/h2,4H,1,3H2. The predicted molar refractivity (Wildman–Crippen MR) is 32.5 cm³/mol. The highest BCUT2D eigenvalue weighted by atomic mass is 19.4. The molecule has 0 spiro atoms. The summed E-state index contributed by atoms with van der Waals surface area (Å²) in [5.74, 6) is 0. The Hall–Kier alpha value is -0.790. The molecule has 0 aromatic carbocycles. The average molecular weight is 224 g/mol. The summed E-state index contributed by atoms with van der Waals surface area (Å²) in [6.07, 6.45) is -15.2. The third-order valence-electron chi connectivity index (χ3n) is 1.11. The fourth-order valence-corrected chi connectivity index (χ4v) is 0.609. The Kier molecular flexibility index (Phi) is 4.37. The van der Waals surface area contributed by atoms with Crippen molar-refractivity contribution in [3.05, 3.63) is 0 Å². The molecule has 0 amide bonds. The van der Waals surface area contributed by atoms with E-state index in [4.69, 9.17) is 0 Å². The number of rotatable bonds is 4. The number of carbonyl (C=O) groups excluding carboxylic acids is 1. The molecule has 84 valence electrons. The van der Waals surface area contributed by atoms with Crippen molar-refractivity contribution in [3.63, 3.8) is 0 Å². The van der Waals surface area contributed by atoms with Gasteiger partial charge in [-0.2, -0.15) is 26.3 Å². The molecule has 0 aromatic heterocycles. The second kappa shape index (κ2) is 4.63. The van der Waals surface area contributed by atoms with Crippen LogP contribution in [0.1, 0.15) is 6.42 Å². The summed E-state index contributed by atoms with van der Waals surface area (Å²) in [7, 11) is 0. The topological polar surface area (TPSA) is 26.3 Å². The van der Waals surface area contributed by atoms with Gasteiger partial charge in [0.15, 0.2) is 0 Å². The molecule has 0 saturated heterocycles. The normalized spacial score (nSPS) is 13.4. The Labute approximate surface area is 74.8 Å². The first kappa shape index (κ1) is 13.2. The molecule has 0 aliphatic carbocycles. The van der Waals surface area contributed by atoms with Gasteiger partial charge in [0.05, 0.1) is 6.61 Å². The number of ether oxygens (including phenoxy) is 1. The summed E-state index contributed by atoms with van der Waals surface area (Å²) >= 11 is 0. The molecule has 8 heteroatoms. The monoisotopic (exact) mass is 224 g/mol. The van der Waals surface area contributed by atoms with Crippen molar-refractivity contribution < 1.29 is 35.9 Å². The molecule has 0 aliphatic rings. The van der Waals surface area contributed by atoms with Gasteiger partial charge in [0.2, 0.25) is 6.10 Å². The van der Waals surface area contributed by atoms with Gasteiger partial charge in [-0.05, 0) is 0 Å². The Morgan fingerprint density at radius 3 is 1.79 bits per heavy atom. The maximum atomic E-state index is 11.7. The highest BCUT2D eigenvalue weighted by Gasteiger charge is 2.57. The van der Waals surface area contributed by atoms with Crippen LogP contribution in [0.15, 0.2) is 0 Å². The van der Waals surface area contributed by atoms with Crippen LogP contribution >= 0.6 is 0 Å². The Morgan fingerprint density at radius 2 is 1.50 bits per heavy atom. The quantitative estimate of drug-likeness (QED) is 0.415. The molecule has 0 bridgehead atoms.